The summed E-state index contributed by atoms with van der Waals surface area (Å²) in [5.74, 6) is 1.12. The monoisotopic (exact) mass is 614 g/mol. The molecule has 0 fully saturated rings. The van der Waals surface area contributed by atoms with Crippen molar-refractivity contribution in [2.24, 2.45) is 0 Å². The van der Waals surface area contributed by atoms with Crippen molar-refractivity contribution >= 4 is 11.0 Å². The fraction of sp³-hybridized carbons (Fsp3) is 0.652. The third kappa shape index (κ3) is 9.30. The van der Waals surface area contributed by atoms with E-state index in [9.17, 15) is 0 Å². The Morgan fingerprint density at radius 2 is 1.39 bits per heavy atom. The van der Waals surface area contributed by atoms with E-state index in [0.717, 1.165) is 33.4 Å². The highest BCUT2D eigenvalue weighted by atomic mass is 127. The van der Waals surface area contributed by atoms with Crippen molar-refractivity contribution < 1.29 is 61.3 Å². The molecule has 3 nitrogen and oxygen atoms in total. The van der Waals surface area contributed by atoms with Gasteiger partial charge in [0.1, 0.15) is 12.1 Å². The van der Waals surface area contributed by atoms with Gasteiger partial charge in [-0.05, 0) is 51.7 Å². The first-order chi connectivity index (χ1) is 12.4. The Kier molecular flexibility index (Phi) is 13.5. The molecule has 0 amide bonds. The molecule has 0 spiro atoms. The molecule has 28 heavy (non-hydrogen) atoms. The quantitative estimate of drug-likeness (QED) is 0.178. The summed E-state index contributed by atoms with van der Waals surface area (Å²) >= 11 is 0. The molecular weight excluding hydrogens is 574 g/mol. The molecule has 2 aromatic rings. The van der Waals surface area contributed by atoms with E-state index in [4.69, 9.17) is 4.42 Å². The number of hydrogen-bond donors (Lipinski definition) is 0. The molecular formula is C23H40I2N2O. The van der Waals surface area contributed by atoms with Crippen molar-refractivity contribution in [1.29, 1.82) is 0 Å². The Morgan fingerprint density at radius 3 is 2.00 bits per heavy atom. The molecule has 0 radical (unpaired) electrons. The maximum absolute atomic E-state index is 6.05. The first kappa shape index (κ1) is 28.1. The summed E-state index contributed by atoms with van der Waals surface area (Å²) in [5, 5.41) is 1.22. The summed E-state index contributed by atoms with van der Waals surface area (Å²) < 4.78 is 8.27. The van der Waals surface area contributed by atoms with Crippen LogP contribution in [0.5, 0.6) is 0 Å². The Labute approximate surface area is 207 Å². The number of quaternary nitrogens is 2. The SMILES string of the molecule is CC[N+](C)(C)CCCCCCC[N+](C)(CC)Cc1cc2ccccc2o1.[I-].[I-]. The van der Waals surface area contributed by atoms with Crippen LogP contribution in [0.4, 0.5) is 0 Å². The molecule has 0 bridgehead atoms. The number of halogens is 2. The number of unbranched alkanes of at least 4 members (excludes halogenated alkanes) is 4. The number of rotatable bonds is 12. The van der Waals surface area contributed by atoms with Crippen LogP contribution in [0.15, 0.2) is 34.7 Å². The second-order valence-corrected chi connectivity index (χ2v) is 8.81. The minimum Gasteiger partial charge on any atom is -1.00 e. The average Bonchev–Trinajstić information content (AvgIpc) is 3.02. The largest absolute Gasteiger partial charge is 1.00 e. The van der Waals surface area contributed by atoms with Crippen LogP contribution in [-0.2, 0) is 6.54 Å². The minimum atomic E-state index is 0. The summed E-state index contributed by atoms with van der Waals surface area (Å²) in [7, 11) is 7.04. The van der Waals surface area contributed by atoms with E-state index < -0.39 is 0 Å². The molecule has 1 aromatic heterocycles. The van der Waals surface area contributed by atoms with Crippen LogP contribution >= 0.6 is 0 Å². The van der Waals surface area contributed by atoms with Gasteiger partial charge in [-0.1, -0.05) is 24.6 Å². The minimum absolute atomic E-state index is 0. The zero-order valence-corrected chi connectivity index (χ0v) is 22.8. The molecule has 0 saturated carbocycles. The fourth-order valence-electron chi connectivity index (χ4n) is 3.56. The second kappa shape index (κ2) is 13.4. The highest BCUT2D eigenvalue weighted by molar-refractivity contribution is 5.77. The van der Waals surface area contributed by atoms with E-state index in [1.807, 2.05) is 6.07 Å². The second-order valence-electron chi connectivity index (χ2n) is 8.81. The smallest absolute Gasteiger partial charge is 0.159 e. The maximum Gasteiger partial charge on any atom is 0.159 e. The van der Waals surface area contributed by atoms with E-state index in [2.05, 4.69) is 59.3 Å². The van der Waals surface area contributed by atoms with Crippen LogP contribution in [0.2, 0.25) is 0 Å². The number of furan rings is 1. The predicted octanol–water partition coefficient (Wildman–Crippen LogP) is -0.546. The summed E-state index contributed by atoms with van der Waals surface area (Å²) in [6.45, 7) is 10.5. The van der Waals surface area contributed by atoms with Crippen molar-refractivity contribution in [3.63, 3.8) is 0 Å². The Balaban J connectivity index is 0.00000364. The Morgan fingerprint density at radius 1 is 0.786 bits per heavy atom. The van der Waals surface area contributed by atoms with E-state index in [-0.39, 0.29) is 48.0 Å². The van der Waals surface area contributed by atoms with E-state index in [0.29, 0.717) is 0 Å². The molecule has 1 aromatic carbocycles. The molecule has 1 unspecified atom stereocenters. The number of fused-ring (bicyclic) bond motifs is 1. The summed E-state index contributed by atoms with van der Waals surface area (Å²) in [6, 6.07) is 10.5. The van der Waals surface area contributed by atoms with Gasteiger partial charge in [0.15, 0.2) is 5.76 Å². The summed E-state index contributed by atoms with van der Waals surface area (Å²) in [4.78, 5) is 0. The van der Waals surface area contributed by atoms with Crippen LogP contribution in [-0.4, -0.2) is 56.3 Å². The highest BCUT2D eigenvalue weighted by Crippen LogP contribution is 2.22. The standard InChI is InChI=1S/C23H40N2O.2HI/c1-6-24(3,4)17-13-9-8-10-14-18-25(5,7-2)20-22-19-21-15-11-12-16-23(21)26-22;;/h11-12,15-16,19H,6-10,13-14,17-18,20H2,1-5H3;2*1H/q+2;;/p-2. The van der Waals surface area contributed by atoms with E-state index in [1.165, 1.54) is 57.1 Å². The van der Waals surface area contributed by atoms with Crippen molar-refractivity contribution in [2.45, 2.75) is 52.5 Å². The van der Waals surface area contributed by atoms with Crippen LogP contribution in [0.1, 0.15) is 51.7 Å². The number of para-hydroxylation sites is 1. The van der Waals surface area contributed by atoms with Crippen LogP contribution in [0, 0.1) is 0 Å². The normalized spacial score (nSPS) is 13.6. The lowest BCUT2D eigenvalue weighted by Gasteiger charge is -2.32. The lowest BCUT2D eigenvalue weighted by molar-refractivity contribution is -0.922. The molecule has 1 atom stereocenters. The third-order valence-electron chi connectivity index (χ3n) is 6.10. The van der Waals surface area contributed by atoms with Crippen molar-refractivity contribution in [3.05, 3.63) is 36.1 Å². The van der Waals surface area contributed by atoms with Crippen molar-refractivity contribution in [3.8, 4) is 0 Å². The molecule has 0 aliphatic carbocycles. The lowest BCUT2D eigenvalue weighted by atomic mass is 10.1. The zero-order valence-electron chi connectivity index (χ0n) is 18.5. The highest BCUT2D eigenvalue weighted by Gasteiger charge is 2.21. The van der Waals surface area contributed by atoms with Gasteiger partial charge < -0.3 is 61.3 Å². The van der Waals surface area contributed by atoms with Gasteiger partial charge in [-0.3, -0.25) is 0 Å². The fourth-order valence-corrected chi connectivity index (χ4v) is 3.56. The van der Waals surface area contributed by atoms with Gasteiger partial charge >= 0.3 is 0 Å². The third-order valence-corrected chi connectivity index (χ3v) is 6.10. The van der Waals surface area contributed by atoms with Gasteiger partial charge in [-0.15, -0.1) is 0 Å². The first-order valence-corrected chi connectivity index (χ1v) is 10.5. The molecule has 2 rings (SSSR count). The molecule has 0 aliphatic rings. The van der Waals surface area contributed by atoms with Gasteiger partial charge in [-0.2, -0.15) is 0 Å². The van der Waals surface area contributed by atoms with Crippen molar-refractivity contribution in [1.82, 2.24) is 0 Å². The van der Waals surface area contributed by atoms with Crippen LogP contribution in [0.3, 0.4) is 0 Å². The van der Waals surface area contributed by atoms with Gasteiger partial charge in [0.05, 0.1) is 47.3 Å². The van der Waals surface area contributed by atoms with Gasteiger partial charge in [0.25, 0.3) is 0 Å². The molecule has 5 heteroatoms. The average molecular weight is 614 g/mol. The lowest BCUT2D eigenvalue weighted by Crippen LogP contribution is -3.00. The molecule has 0 aliphatic heterocycles. The number of benzene rings is 1. The molecule has 0 saturated heterocycles. The van der Waals surface area contributed by atoms with E-state index >= 15 is 0 Å². The summed E-state index contributed by atoms with van der Waals surface area (Å²) in [5.41, 5.74) is 1.01. The Hall–Kier alpha value is 0.140. The first-order valence-electron chi connectivity index (χ1n) is 10.5. The summed E-state index contributed by atoms with van der Waals surface area (Å²) in [6.07, 6.45) is 6.78. The molecule has 0 N–H and O–H groups in total. The van der Waals surface area contributed by atoms with E-state index in [1.54, 1.807) is 0 Å². The van der Waals surface area contributed by atoms with Gasteiger partial charge in [-0.25, -0.2) is 0 Å². The molecule has 1 heterocycles. The maximum atomic E-state index is 6.05. The molecule has 162 valence electrons. The van der Waals surface area contributed by atoms with Gasteiger partial charge in [0.2, 0.25) is 0 Å². The Bertz CT molecular complexity index is 638. The number of hydrogen-bond acceptors (Lipinski definition) is 1. The number of nitrogens with zero attached hydrogens (tertiary/aromatic N) is 2. The predicted molar refractivity (Wildman–Crippen MR) is 112 cm³/mol. The van der Waals surface area contributed by atoms with Crippen molar-refractivity contribution in [2.75, 3.05) is 47.3 Å². The van der Waals surface area contributed by atoms with Crippen LogP contribution in [0.25, 0.3) is 11.0 Å². The van der Waals surface area contributed by atoms with Crippen LogP contribution < -0.4 is 48.0 Å². The topological polar surface area (TPSA) is 13.1 Å². The van der Waals surface area contributed by atoms with Gasteiger partial charge in [0, 0.05) is 5.39 Å². The zero-order chi connectivity index (χ0) is 19.0.